The summed E-state index contributed by atoms with van der Waals surface area (Å²) in [4.78, 5) is 48.3. The van der Waals surface area contributed by atoms with Crippen molar-refractivity contribution in [2.24, 2.45) is 5.73 Å². The van der Waals surface area contributed by atoms with Gasteiger partial charge in [0.25, 0.3) is 11.7 Å². The molecule has 0 unspecified atom stereocenters. The monoisotopic (exact) mass is 1110 g/mol. The first-order valence-corrected chi connectivity index (χ1v) is 26.6. The molecule has 2 aliphatic heterocycles. The molecule has 14 nitrogen and oxygen atoms in total. The number of carbonyl (C=O) groups is 3. The molecule has 2 aromatic heterocycles. The third-order valence-corrected chi connectivity index (χ3v) is 14.2. The number of ether oxygens (including phenoxy) is 2. The molecule has 0 bridgehead atoms. The number of halogens is 6. The van der Waals surface area contributed by atoms with E-state index in [0.29, 0.717) is 56.4 Å². The number of amides is 1. The number of carboxylic acids is 1. The number of alkyl halides is 2. The Morgan fingerprint density at radius 3 is 1.51 bits per heavy atom. The molecule has 412 valence electrons. The highest BCUT2D eigenvalue weighted by molar-refractivity contribution is 6.42. The van der Waals surface area contributed by atoms with E-state index in [0.717, 1.165) is 94.6 Å². The molecular weight excluding hydrogens is 1060 g/mol. The summed E-state index contributed by atoms with van der Waals surface area (Å²) in [7, 11) is 0. The molecule has 20 heteroatoms. The molecule has 0 spiro atoms. The Labute approximate surface area is 459 Å². The topological polar surface area (TPSA) is 201 Å². The van der Waals surface area contributed by atoms with Gasteiger partial charge in [0, 0.05) is 42.7 Å². The smallest absolute Gasteiger partial charge is 0.384 e. The van der Waals surface area contributed by atoms with Crippen molar-refractivity contribution >= 4 is 40.9 Å². The van der Waals surface area contributed by atoms with E-state index in [9.17, 15) is 42.2 Å². The molecule has 4 aromatic carbocycles. The second-order valence-electron chi connectivity index (χ2n) is 19.7. The predicted octanol–water partition coefficient (Wildman–Crippen LogP) is 9.98. The van der Waals surface area contributed by atoms with Crippen LogP contribution in [0.1, 0.15) is 90.9 Å². The van der Waals surface area contributed by atoms with Crippen molar-refractivity contribution in [2.75, 3.05) is 39.3 Å². The number of aliphatic hydroxyl groups is 2. The van der Waals surface area contributed by atoms with Crippen LogP contribution >= 0.6 is 23.2 Å². The van der Waals surface area contributed by atoms with Crippen LogP contribution in [-0.2, 0) is 15.5 Å². The zero-order valence-corrected chi connectivity index (χ0v) is 43.9. The van der Waals surface area contributed by atoms with E-state index in [1.54, 1.807) is 42.5 Å². The number of nitrogens with zero attached hydrogens (tertiary/aromatic N) is 4. The van der Waals surface area contributed by atoms with Crippen molar-refractivity contribution in [2.45, 2.75) is 93.8 Å². The Kier molecular flexibility index (Phi) is 19.5. The number of hydrogen-bond acceptors (Lipinski definition) is 12. The maximum atomic E-state index is 13.2. The van der Waals surface area contributed by atoms with Crippen molar-refractivity contribution in [3.8, 4) is 33.8 Å². The first-order valence-electron chi connectivity index (χ1n) is 25.8. The summed E-state index contributed by atoms with van der Waals surface area (Å²) in [6.07, 6.45) is 10.0. The number of Topliss-reactive ketones (excluding diaryl/α,β-unsaturated/α-hetero) is 1. The fraction of sp³-hybridized carbons (Fsp3) is 0.362. The van der Waals surface area contributed by atoms with Crippen LogP contribution in [0, 0.1) is 11.6 Å². The zero-order chi connectivity index (χ0) is 55.5. The normalized spacial score (nSPS) is 17.1. The van der Waals surface area contributed by atoms with E-state index < -0.39 is 53.3 Å². The molecule has 0 radical (unpaired) electrons. The van der Waals surface area contributed by atoms with Crippen LogP contribution in [0.15, 0.2) is 122 Å². The van der Waals surface area contributed by atoms with E-state index in [2.05, 4.69) is 25.1 Å². The van der Waals surface area contributed by atoms with Gasteiger partial charge in [0.05, 0.1) is 34.4 Å². The molecule has 6 N–H and O–H groups in total. The standard InChI is InChI=1S/C29H29ClFN3O4.C16H23ClN2O2.C13H8F3NO2/c30-23-15-19(6-12-26(23)38-22-9-10-22)27(35)25(17-34-13-1-2-14-34)33-29(37)28(36)24-11-5-20(16-32-24)18-3-7-21(31)8-4-18;17-13-9-11(3-6-15(13)21-12-4-5-12)16(20)14(18)10-19-7-1-2-8-19;14-10-4-1-8(2-5-10)9-3-6-11(17-7-9)13(15,16)12(18)19/h3-8,11-12,15-16,22,25,27,35H,1-2,9-10,13-14,17H2,(H,33,37);3,6,9,12,14,16,20H,1-2,4-5,7-8,10,18H2;1-7H,(H,18,19)/t25-,27-;14-,16-;/m11./s1. The molecule has 1 amide bonds. The Morgan fingerprint density at radius 1 is 0.641 bits per heavy atom. The van der Waals surface area contributed by atoms with Gasteiger partial charge >= 0.3 is 11.9 Å². The summed E-state index contributed by atoms with van der Waals surface area (Å²) in [6, 6.07) is 26.2. The molecule has 4 atom stereocenters. The Bertz CT molecular complexity index is 2980. The average Bonchev–Trinajstić information content (AvgIpc) is 4.33. The van der Waals surface area contributed by atoms with Crippen LogP contribution < -0.4 is 20.5 Å². The maximum Gasteiger partial charge on any atom is 0.384 e. The molecule has 10 rings (SSSR count). The number of likely N-dealkylation sites (tertiary alicyclic amines) is 2. The number of aliphatic hydroxyl groups excluding tert-OH is 2. The van der Waals surface area contributed by atoms with E-state index in [1.165, 1.54) is 67.6 Å². The van der Waals surface area contributed by atoms with Gasteiger partial charge in [-0.25, -0.2) is 13.6 Å². The van der Waals surface area contributed by atoms with Crippen molar-refractivity contribution in [1.82, 2.24) is 25.1 Å². The van der Waals surface area contributed by atoms with E-state index >= 15 is 0 Å². The third kappa shape index (κ3) is 15.8. The largest absolute Gasteiger partial charge is 0.489 e. The quantitative estimate of drug-likeness (QED) is 0.0292. The van der Waals surface area contributed by atoms with Crippen LogP contribution in [0.3, 0.4) is 0 Å². The van der Waals surface area contributed by atoms with E-state index in [1.807, 2.05) is 12.1 Å². The average molecular weight is 1120 g/mol. The van der Waals surface area contributed by atoms with Gasteiger partial charge in [-0.05, 0) is 160 Å². The molecule has 78 heavy (non-hydrogen) atoms. The van der Waals surface area contributed by atoms with E-state index in [-0.39, 0.29) is 23.7 Å². The number of rotatable bonds is 19. The minimum absolute atomic E-state index is 0.0209. The Morgan fingerprint density at radius 2 is 1.09 bits per heavy atom. The minimum Gasteiger partial charge on any atom is -0.489 e. The first kappa shape index (κ1) is 57.7. The molecule has 2 aliphatic carbocycles. The molecule has 4 fully saturated rings. The highest BCUT2D eigenvalue weighted by atomic mass is 35.5. The number of aliphatic carboxylic acids is 1. The van der Waals surface area contributed by atoms with Crippen LogP contribution in [0.5, 0.6) is 11.5 Å². The van der Waals surface area contributed by atoms with Gasteiger partial charge < -0.3 is 45.6 Å². The fourth-order valence-electron chi connectivity index (χ4n) is 8.83. The van der Waals surface area contributed by atoms with Crippen molar-refractivity contribution in [3.05, 3.63) is 166 Å². The Balaban J connectivity index is 0.000000169. The number of carbonyl (C=O) groups excluding carboxylic acids is 2. The third-order valence-electron chi connectivity index (χ3n) is 13.6. The second-order valence-corrected chi connectivity index (χ2v) is 20.6. The molecule has 2 saturated heterocycles. The van der Waals surface area contributed by atoms with Gasteiger partial charge in [-0.1, -0.05) is 71.7 Å². The van der Waals surface area contributed by atoms with Gasteiger partial charge in [-0.2, -0.15) is 8.78 Å². The van der Waals surface area contributed by atoms with E-state index in [4.69, 9.17) is 43.5 Å². The predicted molar refractivity (Wildman–Crippen MR) is 286 cm³/mol. The maximum absolute atomic E-state index is 13.2. The number of nitrogens with one attached hydrogen (secondary N) is 1. The zero-order valence-electron chi connectivity index (χ0n) is 42.4. The fourth-order valence-corrected chi connectivity index (χ4v) is 9.30. The van der Waals surface area contributed by atoms with Crippen molar-refractivity contribution < 1.29 is 56.7 Å². The molecule has 4 aliphatic rings. The summed E-state index contributed by atoms with van der Waals surface area (Å²) in [5.41, 5.74) is 9.08. The first-order chi connectivity index (χ1) is 37.4. The van der Waals surface area contributed by atoms with Gasteiger partial charge in [-0.15, -0.1) is 0 Å². The minimum atomic E-state index is -4.03. The van der Waals surface area contributed by atoms with Crippen molar-refractivity contribution in [1.29, 1.82) is 0 Å². The molecule has 2 saturated carbocycles. The lowest BCUT2D eigenvalue weighted by Crippen LogP contribution is -2.48. The van der Waals surface area contributed by atoms with Crippen LogP contribution in [0.4, 0.5) is 17.6 Å². The molecule has 4 heterocycles. The van der Waals surface area contributed by atoms with Crippen LogP contribution in [0.25, 0.3) is 22.3 Å². The lowest BCUT2D eigenvalue weighted by Gasteiger charge is -2.28. The number of pyridine rings is 2. The highest BCUT2D eigenvalue weighted by Crippen LogP contribution is 2.36. The van der Waals surface area contributed by atoms with Gasteiger partial charge in [0.1, 0.15) is 40.6 Å². The van der Waals surface area contributed by atoms with Crippen molar-refractivity contribution in [3.63, 3.8) is 0 Å². The number of hydrogen-bond donors (Lipinski definition) is 5. The number of benzene rings is 4. The molecule has 6 aromatic rings. The van der Waals surface area contributed by atoms with Crippen LogP contribution in [0.2, 0.25) is 10.0 Å². The van der Waals surface area contributed by atoms with Crippen LogP contribution in [-0.4, -0.2) is 116 Å². The second kappa shape index (κ2) is 26.4. The SMILES string of the molecule is N[C@H](CN1CCCC1)[C@H](O)c1ccc(OC2CC2)c(Cl)c1.O=C(N[C@H](CN1CCCC1)[C@H](O)c1ccc(OC2CC2)c(Cl)c1)C(=O)c1ccc(-c2ccc(F)cc2)cn1.O=C(O)C(F)(F)c1ccc(-c2ccc(F)cc2)cn1. The lowest BCUT2D eigenvalue weighted by atomic mass is 10.0. The molecular formula is C58H60Cl2F4N6O8. The van der Waals surface area contributed by atoms with Gasteiger partial charge in [0.2, 0.25) is 0 Å². The number of ketones is 1. The van der Waals surface area contributed by atoms with Gasteiger partial charge in [-0.3, -0.25) is 19.6 Å². The van der Waals surface area contributed by atoms with Gasteiger partial charge in [0.15, 0.2) is 0 Å². The summed E-state index contributed by atoms with van der Waals surface area (Å²) < 4.78 is 63.7. The summed E-state index contributed by atoms with van der Waals surface area (Å²) in [6.45, 7) is 4.97. The lowest BCUT2D eigenvalue weighted by molar-refractivity contribution is -0.166. The number of carboxylic acid groups (broad SMARTS) is 1. The highest BCUT2D eigenvalue weighted by Gasteiger charge is 2.42. The summed E-state index contributed by atoms with van der Waals surface area (Å²) in [5, 5.41) is 33.7. The summed E-state index contributed by atoms with van der Waals surface area (Å²) >= 11 is 12.6. The Hall–Kier alpha value is -6.51. The number of nitrogens with two attached hydrogens (primary N) is 1. The summed E-state index contributed by atoms with van der Waals surface area (Å²) in [5.74, 6) is -7.43. The number of aromatic nitrogens is 2.